The zero-order valence-corrected chi connectivity index (χ0v) is 14.8. The number of hydrogen-bond donors (Lipinski definition) is 0. The summed E-state index contributed by atoms with van der Waals surface area (Å²) in [5.41, 5.74) is 4.37. The Balaban J connectivity index is 2.01. The van der Waals surface area contributed by atoms with Gasteiger partial charge in [0.15, 0.2) is 0 Å². The first-order valence-electron chi connectivity index (χ1n) is 9.59. The SMILES string of the molecule is c1ccc([B-](c2ccccc2)(c2ccccc2)[C+]2CCCCC2)cc1. The van der Waals surface area contributed by atoms with Crippen LogP contribution in [0.1, 0.15) is 32.1 Å². The molecule has 0 saturated heterocycles. The van der Waals surface area contributed by atoms with E-state index in [0.29, 0.717) is 0 Å². The summed E-state index contributed by atoms with van der Waals surface area (Å²) in [4.78, 5) is 0. The number of hydrogen-bond acceptors (Lipinski definition) is 0. The van der Waals surface area contributed by atoms with Crippen LogP contribution >= 0.6 is 0 Å². The van der Waals surface area contributed by atoms with Gasteiger partial charge in [0, 0.05) is 12.8 Å². The van der Waals surface area contributed by atoms with Crippen LogP contribution in [0.2, 0.25) is 0 Å². The van der Waals surface area contributed by atoms with Crippen LogP contribution in [0.5, 0.6) is 0 Å². The molecule has 0 aromatic heterocycles. The maximum Gasteiger partial charge on any atom is 0.277 e. The van der Waals surface area contributed by atoms with E-state index in [0.717, 1.165) is 0 Å². The minimum atomic E-state index is -1.02. The van der Waals surface area contributed by atoms with Gasteiger partial charge in [-0.05, 0) is 19.3 Å². The van der Waals surface area contributed by atoms with Crippen molar-refractivity contribution >= 4 is 22.5 Å². The first kappa shape index (κ1) is 16.1. The third-order valence-electron chi connectivity index (χ3n) is 6.01. The first-order chi connectivity index (χ1) is 12.4. The van der Waals surface area contributed by atoms with Crippen molar-refractivity contribution in [3.63, 3.8) is 0 Å². The highest BCUT2D eigenvalue weighted by molar-refractivity contribution is 7.15. The van der Waals surface area contributed by atoms with E-state index in [1.807, 2.05) is 0 Å². The largest absolute Gasteiger partial charge is 0.277 e. The van der Waals surface area contributed by atoms with Gasteiger partial charge in [0.25, 0.3) is 6.15 Å². The Bertz CT molecular complexity index is 677. The van der Waals surface area contributed by atoms with E-state index in [4.69, 9.17) is 0 Å². The molecule has 1 saturated carbocycles. The zero-order valence-electron chi connectivity index (χ0n) is 14.8. The van der Waals surface area contributed by atoms with Crippen molar-refractivity contribution in [1.29, 1.82) is 0 Å². The van der Waals surface area contributed by atoms with E-state index in [2.05, 4.69) is 91.0 Å². The third-order valence-corrected chi connectivity index (χ3v) is 6.01. The van der Waals surface area contributed by atoms with E-state index >= 15 is 0 Å². The molecule has 4 rings (SSSR count). The van der Waals surface area contributed by atoms with E-state index in [1.54, 1.807) is 5.82 Å². The molecule has 0 spiro atoms. The summed E-state index contributed by atoms with van der Waals surface area (Å²) in [7, 11) is 0. The van der Waals surface area contributed by atoms with Crippen LogP contribution in [0.25, 0.3) is 0 Å². The molecular weight excluding hydrogens is 299 g/mol. The maximum absolute atomic E-state index is 2.33. The van der Waals surface area contributed by atoms with Gasteiger partial charge in [0.05, 0.1) is 0 Å². The van der Waals surface area contributed by atoms with Gasteiger partial charge < -0.3 is 0 Å². The molecule has 1 aliphatic carbocycles. The smallest absolute Gasteiger partial charge is 0.150 e. The molecule has 0 unspecified atom stereocenters. The predicted octanol–water partition coefficient (Wildman–Crippen LogP) is 4.23. The molecular formula is C24H25B. The molecule has 0 nitrogen and oxygen atoms in total. The minimum absolute atomic E-state index is 1.02. The van der Waals surface area contributed by atoms with Crippen LogP contribution in [0, 0.1) is 5.82 Å². The second kappa shape index (κ2) is 7.23. The molecule has 0 aliphatic heterocycles. The summed E-state index contributed by atoms with van der Waals surface area (Å²) < 4.78 is 0. The van der Waals surface area contributed by atoms with Gasteiger partial charge in [-0.3, -0.25) is 0 Å². The molecule has 0 radical (unpaired) electrons. The van der Waals surface area contributed by atoms with Crippen molar-refractivity contribution in [3.05, 3.63) is 96.8 Å². The zero-order chi connectivity index (χ0) is 17.0. The maximum atomic E-state index is 2.33. The second-order valence-corrected chi connectivity index (χ2v) is 7.32. The molecule has 1 fully saturated rings. The monoisotopic (exact) mass is 324 g/mol. The molecule has 25 heavy (non-hydrogen) atoms. The van der Waals surface area contributed by atoms with Crippen molar-refractivity contribution < 1.29 is 0 Å². The predicted molar refractivity (Wildman–Crippen MR) is 110 cm³/mol. The molecule has 0 atom stereocenters. The Morgan fingerprint density at radius 1 is 0.480 bits per heavy atom. The van der Waals surface area contributed by atoms with E-state index in [1.165, 1.54) is 48.5 Å². The highest BCUT2D eigenvalue weighted by Gasteiger charge is 2.47. The Kier molecular flexibility index (Phi) is 4.65. The van der Waals surface area contributed by atoms with Crippen LogP contribution < -0.4 is 16.4 Å². The minimum Gasteiger partial charge on any atom is -0.150 e. The van der Waals surface area contributed by atoms with Gasteiger partial charge in [0.2, 0.25) is 0 Å². The molecule has 0 N–H and O–H groups in total. The Labute approximate surface area is 151 Å². The van der Waals surface area contributed by atoms with E-state index in [9.17, 15) is 0 Å². The molecule has 124 valence electrons. The summed E-state index contributed by atoms with van der Waals surface area (Å²) in [5, 5.41) is 0. The average molecular weight is 324 g/mol. The van der Waals surface area contributed by atoms with Crippen molar-refractivity contribution in [2.75, 3.05) is 0 Å². The van der Waals surface area contributed by atoms with Gasteiger partial charge in [-0.15, -0.1) is 0 Å². The fraction of sp³-hybridized carbons (Fsp3) is 0.208. The summed E-state index contributed by atoms with van der Waals surface area (Å²) in [6.07, 6.45) is 5.49. The summed E-state index contributed by atoms with van der Waals surface area (Å²) in [6, 6.07) is 33.6. The molecule has 3 aromatic carbocycles. The Hall–Kier alpha value is -2.41. The molecule has 1 aliphatic rings. The fourth-order valence-corrected chi connectivity index (χ4v) is 4.95. The van der Waals surface area contributed by atoms with Crippen molar-refractivity contribution in [2.45, 2.75) is 32.1 Å². The standard InChI is InChI=1S/C24H25B/c1-5-13-21(14-6-1)25(22-15-7-2-8-16-22,23-17-9-3-10-18-23)24-19-11-4-12-20-24/h1-3,5-10,13-18H,4,11-12,19-20H2. The lowest BCUT2D eigenvalue weighted by Crippen LogP contribution is -2.71. The van der Waals surface area contributed by atoms with Crippen LogP contribution in [0.15, 0.2) is 91.0 Å². The number of benzene rings is 3. The van der Waals surface area contributed by atoms with Crippen LogP contribution in [0.4, 0.5) is 0 Å². The second-order valence-electron chi connectivity index (χ2n) is 7.32. The van der Waals surface area contributed by atoms with Crippen molar-refractivity contribution in [1.82, 2.24) is 0 Å². The van der Waals surface area contributed by atoms with E-state index in [-0.39, 0.29) is 0 Å². The van der Waals surface area contributed by atoms with Crippen molar-refractivity contribution in [3.8, 4) is 0 Å². The Morgan fingerprint density at radius 3 is 1.20 bits per heavy atom. The average Bonchev–Trinajstić information content (AvgIpc) is 2.72. The molecule has 1 heteroatoms. The molecule has 0 bridgehead atoms. The van der Waals surface area contributed by atoms with Crippen LogP contribution in [0.3, 0.4) is 0 Å². The lowest BCUT2D eigenvalue weighted by atomic mass is 9.10. The quantitative estimate of drug-likeness (QED) is 0.497. The summed E-state index contributed by atoms with van der Waals surface area (Å²) in [5.74, 6) is 1.73. The van der Waals surface area contributed by atoms with Gasteiger partial charge >= 0.3 is 0 Å². The lowest BCUT2D eigenvalue weighted by molar-refractivity contribution is 0.570. The Morgan fingerprint density at radius 2 is 0.840 bits per heavy atom. The van der Waals surface area contributed by atoms with Crippen LogP contribution in [-0.4, -0.2) is 6.15 Å². The van der Waals surface area contributed by atoms with Crippen LogP contribution in [-0.2, 0) is 0 Å². The topological polar surface area (TPSA) is 0 Å². The highest BCUT2D eigenvalue weighted by atomic mass is 14.2. The normalized spacial score (nSPS) is 15.1. The molecule has 3 aromatic rings. The van der Waals surface area contributed by atoms with E-state index < -0.39 is 6.15 Å². The third kappa shape index (κ3) is 2.89. The van der Waals surface area contributed by atoms with Gasteiger partial charge in [0.1, 0.15) is 0 Å². The summed E-state index contributed by atoms with van der Waals surface area (Å²) in [6.45, 7) is 0. The van der Waals surface area contributed by atoms with Crippen molar-refractivity contribution in [2.24, 2.45) is 0 Å². The highest BCUT2D eigenvalue weighted by Crippen LogP contribution is 2.33. The molecule has 0 amide bonds. The fourth-order valence-electron chi connectivity index (χ4n) is 4.95. The van der Waals surface area contributed by atoms with Gasteiger partial charge in [-0.25, -0.2) is 0 Å². The lowest BCUT2D eigenvalue weighted by Gasteiger charge is -2.42. The number of rotatable bonds is 4. The first-order valence-corrected chi connectivity index (χ1v) is 9.59. The summed E-state index contributed by atoms with van der Waals surface area (Å²) >= 11 is 0. The van der Waals surface area contributed by atoms with Gasteiger partial charge in [-0.2, -0.15) is 16.4 Å². The van der Waals surface area contributed by atoms with Gasteiger partial charge in [-0.1, -0.05) is 96.8 Å². The molecule has 0 heterocycles.